The van der Waals surface area contributed by atoms with Gasteiger partial charge in [-0.05, 0) is 43.4 Å². The number of piperazine rings is 1. The number of hydrogen-bond acceptors (Lipinski definition) is 6. The van der Waals surface area contributed by atoms with Gasteiger partial charge in [-0.1, -0.05) is 6.07 Å². The molecule has 0 atom stereocenters. The summed E-state index contributed by atoms with van der Waals surface area (Å²) in [4.78, 5) is 21.8. The number of anilines is 1. The summed E-state index contributed by atoms with van der Waals surface area (Å²) < 4.78 is 2.10. The molecule has 1 aliphatic heterocycles. The summed E-state index contributed by atoms with van der Waals surface area (Å²) in [5, 5.41) is 1.33. The molecular weight excluding hydrogens is 380 g/mol. The highest BCUT2D eigenvalue weighted by atomic mass is 32.1. The fraction of sp³-hybridized carbons (Fsp3) is 0.409. The van der Waals surface area contributed by atoms with E-state index < -0.39 is 0 Å². The van der Waals surface area contributed by atoms with Gasteiger partial charge in [-0.15, -0.1) is 11.3 Å². The van der Waals surface area contributed by atoms with E-state index in [1.165, 1.54) is 41.5 Å². The Morgan fingerprint density at radius 1 is 1.00 bits per heavy atom. The quantitative estimate of drug-likeness (QED) is 0.523. The summed E-state index contributed by atoms with van der Waals surface area (Å²) in [6.45, 7) is 4.98. The van der Waals surface area contributed by atoms with Crippen molar-refractivity contribution in [1.82, 2.24) is 24.3 Å². The van der Waals surface area contributed by atoms with Gasteiger partial charge in [0.2, 0.25) is 0 Å². The molecule has 0 amide bonds. The number of hydrogen-bond donors (Lipinski definition) is 0. The van der Waals surface area contributed by atoms with Crippen LogP contribution in [-0.2, 0) is 19.4 Å². The highest BCUT2D eigenvalue weighted by molar-refractivity contribution is 7.19. The highest BCUT2D eigenvalue weighted by Gasteiger charge is 2.25. The Morgan fingerprint density at radius 3 is 2.79 bits per heavy atom. The first-order valence-electron chi connectivity index (χ1n) is 10.5. The summed E-state index contributed by atoms with van der Waals surface area (Å²) in [5.74, 6) is 1.15. The number of fused-ring (bicyclic) bond motifs is 4. The fourth-order valence-electron chi connectivity index (χ4n) is 4.72. The van der Waals surface area contributed by atoms with Gasteiger partial charge < -0.3 is 9.30 Å². The Morgan fingerprint density at radius 2 is 1.90 bits per heavy atom. The van der Waals surface area contributed by atoms with Crippen molar-refractivity contribution in [2.75, 3.05) is 31.1 Å². The molecule has 0 aromatic carbocycles. The molecule has 29 heavy (non-hydrogen) atoms. The van der Waals surface area contributed by atoms with Gasteiger partial charge >= 0.3 is 0 Å². The topological polar surface area (TPSA) is 49.6 Å². The normalized spacial score (nSPS) is 17.9. The molecule has 5 heterocycles. The zero-order chi connectivity index (χ0) is 19.2. The summed E-state index contributed by atoms with van der Waals surface area (Å²) in [6.07, 6.45) is 11.0. The van der Waals surface area contributed by atoms with Gasteiger partial charge in [0.15, 0.2) is 0 Å². The van der Waals surface area contributed by atoms with Crippen LogP contribution in [0.3, 0.4) is 0 Å². The lowest BCUT2D eigenvalue weighted by Gasteiger charge is -2.35. The Hall–Kier alpha value is -2.51. The van der Waals surface area contributed by atoms with Crippen LogP contribution in [0.1, 0.15) is 29.0 Å². The van der Waals surface area contributed by atoms with Crippen molar-refractivity contribution in [3.8, 4) is 0 Å². The lowest BCUT2D eigenvalue weighted by molar-refractivity contribution is 0.247. The van der Waals surface area contributed by atoms with Crippen molar-refractivity contribution < 1.29 is 0 Å². The molecule has 6 nitrogen and oxygen atoms in total. The van der Waals surface area contributed by atoms with Gasteiger partial charge in [0.1, 0.15) is 22.6 Å². The summed E-state index contributed by atoms with van der Waals surface area (Å²) >= 11 is 1.88. The minimum atomic E-state index is 0.905. The van der Waals surface area contributed by atoms with Crippen molar-refractivity contribution >= 4 is 33.0 Å². The maximum Gasteiger partial charge on any atom is 0.141 e. The smallest absolute Gasteiger partial charge is 0.141 e. The van der Waals surface area contributed by atoms with Crippen molar-refractivity contribution in [3.63, 3.8) is 0 Å². The van der Waals surface area contributed by atoms with Crippen LogP contribution < -0.4 is 4.90 Å². The molecule has 2 aliphatic rings. The molecule has 0 bridgehead atoms. The van der Waals surface area contributed by atoms with Gasteiger partial charge in [-0.2, -0.15) is 0 Å². The van der Waals surface area contributed by atoms with E-state index in [1.54, 1.807) is 11.2 Å². The van der Waals surface area contributed by atoms with Crippen LogP contribution in [0.15, 0.2) is 36.9 Å². The number of aromatic nitrogens is 4. The van der Waals surface area contributed by atoms with E-state index in [9.17, 15) is 0 Å². The predicted molar refractivity (Wildman–Crippen MR) is 117 cm³/mol. The maximum absolute atomic E-state index is 4.75. The molecule has 1 aliphatic carbocycles. The van der Waals surface area contributed by atoms with E-state index >= 15 is 0 Å². The van der Waals surface area contributed by atoms with E-state index in [-0.39, 0.29) is 0 Å². The van der Waals surface area contributed by atoms with Crippen LogP contribution in [0.25, 0.3) is 15.9 Å². The zero-order valence-electron chi connectivity index (χ0n) is 16.4. The molecule has 4 aromatic heterocycles. The Kier molecular flexibility index (Phi) is 4.23. The van der Waals surface area contributed by atoms with E-state index in [0.29, 0.717) is 0 Å². The molecule has 0 radical (unpaired) electrons. The van der Waals surface area contributed by atoms with Crippen LogP contribution in [0.2, 0.25) is 0 Å². The van der Waals surface area contributed by atoms with Crippen LogP contribution in [0.5, 0.6) is 0 Å². The van der Waals surface area contributed by atoms with E-state index in [1.807, 2.05) is 23.5 Å². The van der Waals surface area contributed by atoms with Crippen molar-refractivity contribution in [2.45, 2.75) is 32.2 Å². The van der Waals surface area contributed by atoms with Gasteiger partial charge in [0.05, 0.1) is 11.1 Å². The molecule has 4 aromatic rings. The van der Waals surface area contributed by atoms with Crippen LogP contribution >= 0.6 is 11.3 Å². The fourth-order valence-corrected chi connectivity index (χ4v) is 5.95. The first-order valence-corrected chi connectivity index (χ1v) is 11.3. The highest BCUT2D eigenvalue weighted by Crippen LogP contribution is 2.39. The van der Waals surface area contributed by atoms with E-state index in [4.69, 9.17) is 9.97 Å². The third kappa shape index (κ3) is 3.09. The minimum Gasteiger partial charge on any atom is -0.353 e. The minimum absolute atomic E-state index is 0.905. The van der Waals surface area contributed by atoms with Gasteiger partial charge in [0.25, 0.3) is 0 Å². The van der Waals surface area contributed by atoms with Crippen molar-refractivity contribution in [2.24, 2.45) is 0 Å². The molecule has 0 spiro atoms. The summed E-state index contributed by atoms with van der Waals surface area (Å²) in [7, 11) is 0. The molecule has 7 heteroatoms. The molecule has 6 rings (SSSR count). The second-order valence-electron chi connectivity index (χ2n) is 8.05. The number of aryl methyl sites for hydroxylation is 2. The predicted octanol–water partition coefficient (Wildman–Crippen LogP) is 3.54. The third-order valence-corrected chi connectivity index (χ3v) is 7.40. The average molecular weight is 405 g/mol. The van der Waals surface area contributed by atoms with Gasteiger partial charge in [0, 0.05) is 50.0 Å². The van der Waals surface area contributed by atoms with E-state index in [0.717, 1.165) is 49.9 Å². The average Bonchev–Trinajstić information content (AvgIpc) is 3.34. The van der Waals surface area contributed by atoms with Crippen molar-refractivity contribution in [1.29, 1.82) is 0 Å². The molecule has 1 saturated heterocycles. The standard InChI is InChI=1S/C22H24N6S/c1-2-6-18-17(5-1)20-21(23-15-24-22(20)29-18)27-11-9-26(10-12-27)13-16-14-28-8-4-3-7-19(28)25-16/h3-4,7-8,14-15H,1-2,5-6,9-13H2. The third-order valence-electron chi connectivity index (χ3n) is 6.20. The number of thiophene rings is 1. The van der Waals surface area contributed by atoms with Crippen LogP contribution in [0, 0.1) is 0 Å². The monoisotopic (exact) mass is 404 g/mol. The Bertz CT molecular complexity index is 1140. The van der Waals surface area contributed by atoms with Gasteiger partial charge in [-0.25, -0.2) is 15.0 Å². The molecule has 0 unspecified atom stereocenters. The molecule has 148 valence electrons. The molecule has 0 N–H and O–H groups in total. The zero-order valence-corrected chi connectivity index (χ0v) is 17.2. The lowest BCUT2D eigenvalue weighted by Crippen LogP contribution is -2.46. The molecule has 0 saturated carbocycles. The lowest BCUT2D eigenvalue weighted by atomic mass is 9.97. The van der Waals surface area contributed by atoms with Crippen molar-refractivity contribution in [3.05, 3.63) is 53.1 Å². The van der Waals surface area contributed by atoms with Crippen LogP contribution in [0.4, 0.5) is 5.82 Å². The molecule has 1 fully saturated rings. The number of pyridine rings is 1. The Labute approximate surface area is 173 Å². The first kappa shape index (κ1) is 17.4. The summed E-state index contributed by atoms with van der Waals surface area (Å²) in [5.41, 5.74) is 3.69. The van der Waals surface area contributed by atoms with Gasteiger partial charge in [-0.3, -0.25) is 4.90 Å². The first-order chi connectivity index (χ1) is 14.3. The van der Waals surface area contributed by atoms with E-state index in [2.05, 4.69) is 37.6 Å². The molecular formula is C22H24N6S. The second-order valence-corrected chi connectivity index (χ2v) is 9.13. The maximum atomic E-state index is 4.75. The largest absolute Gasteiger partial charge is 0.353 e. The number of rotatable bonds is 3. The number of imidazole rings is 1. The second kappa shape index (κ2) is 7.07. The number of nitrogens with zero attached hydrogens (tertiary/aromatic N) is 6. The van der Waals surface area contributed by atoms with Crippen LogP contribution in [-0.4, -0.2) is 50.4 Å². The summed E-state index contributed by atoms with van der Waals surface area (Å²) in [6, 6.07) is 6.14. The SMILES string of the molecule is c1ccn2cc(CN3CCN(c4ncnc5sc6c(c45)CCCC6)CC3)nc2c1. The Balaban J connectivity index is 1.20.